The number of aromatic hydroxyl groups is 1. The number of hydrogen-bond donors (Lipinski definition) is 1. The number of hydrogen-bond acceptors (Lipinski definition) is 2. The van der Waals surface area contributed by atoms with E-state index in [1.165, 1.54) is 22.2 Å². The second kappa shape index (κ2) is 5.53. The van der Waals surface area contributed by atoms with Crippen LogP contribution in [0.4, 0.5) is 5.69 Å². The number of likely N-dealkylation sites (N-methyl/N-ethyl adjacent to an activating group) is 1. The summed E-state index contributed by atoms with van der Waals surface area (Å²) < 4.78 is 0. The first kappa shape index (κ1) is 14.7. The molecule has 3 rings (SSSR count). The van der Waals surface area contributed by atoms with Gasteiger partial charge in [0.1, 0.15) is 5.75 Å². The Balaban J connectivity index is 2.31. The molecule has 1 aliphatic rings. The zero-order valence-corrected chi connectivity index (χ0v) is 14.4. The molecular formula is C18H22BrNO. The van der Waals surface area contributed by atoms with E-state index in [1.807, 2.05) is 6.07 Å². The highest BCUT2D eigenvalue weighted by Gasteiger charge is 2.30. The molecule has 2 aromatic carbocycles. The zero-order chi connectivity index (χ0) is 15.1. The molecule has 0 radical (unpaired) electrons. The normalized spacial score (nSPS) is 17.8. The Bertz CT molecular complexity index is 680. The lowest BCUT2D eigenvalue weighted by molar-refractivity contribution is 0.481. The van der Waals surface area contributed by atoms with E-state index in [9.17, 15) is 5.11 Å². The van der Waals surface area contributed by atoms with Crippen LogP contribution in [0.15, 0.2) is 24.3 Å². The number of rotatable bonds is 3. The molecule has 0 amide bonds. The van der Waals surface area contributed by atoms with Crippen LogP contribution in [0, 0.1) is 0 Å². The first-order valence-corrected chi connectivity index (χ1v) is 8.79. The van der Waals surface area contributed by atoms with Crippen LogP contribution in [-0.4, -0.2) is 23.5 Å². The van der Waals surface area contributed by atoms with Crippen molar-refractivity contribution < 1.29 is 5.11 Å². The van der Waals surface area contributed by atoms with Gasteiger partial charge >= 0.3 is 0 Å². The number of phenolic OH excluding ortho intramolecular Hbond substituents is 1. The summed E-state index contributed by atoms with van der Waals surface area (Å²) >= 11 is 3.67. The highest BCUT2D eigenvalue weighted by molar-refractivity contribution is 9.09. The number of alkyl halides is 1. The molecule has 2 aromatic rings. The first-order chi connectivity index (χ1) is 10.1. The van der Waals surface area contributed by atoms with Crippen molar-refractivity contribution >= 4 is 32.4 Å². The molecule has 0 unspecified atom stereocenters. The van der Waals surface area contributed by atoms with Gasteiger partial charge < -0.3 is 10.0 Å². The Morgan fingerprint density at radius 2 is 2.05 bits per heavy atom. The molecule has 2 nitrogen and oxygen atoms in total. The summed E-state index contributed by atoms with van der Waals surface area (Å²) in [5.41, 5.74) is 3.93. The van der Waals surface area contributed by atoms with E-state index >= 15 is 0 Å². The van der Waals surface area contributed by atoms with Crippen molar-refractivity contribution in [3.8, 4) is 5.75 Å². The Morgan fingerprint density at radius 3 is 2.67 bits per heavy atom. The van der Waals surface area contributed by atoms with Gasteiger partial charge in [0, 0.05) is 41.5 Å². The maximum atomic E-state index is 10.4. The minimum atomic E-state index is 0.396. The van der Waals surface area contributed by atoms with Crippen molar-refractivity contribution in [2.75, 3.05) is 23.3 Å². The molecule has 0 aromatic heterocycles. The molecule has 1 aliphatic heterocycles. The summed E-state index contributed by atoms with van der Waals surface area (Å²) in [6.45, 7) is 8.61. The molecule has 1 N–H and O–H groups in total. The molecule has 0 aliphatic carbocycles. The number of phenols is 1. The summed E-state index contributed by atoms with van der Waals surface area (Å²) in [4.78, 5) is 2.36. The highest BCUT2D eigenvalue weighted by Crippen LogP contribution is 2.45. The van der Waals surface area contributed by atoms with E-state index in [2.05, 4.69) is 59.8 Å². The van der Waals surface area contributed by atoms with E-state index in [0.29, 0.717) is 17.6 Å². The predicted octanol–water partition coefficient (Wildman–Crippen LogP) is 4.99. The Kier molecular flexibility index (Phi) is 3.87. The largest absolute Gasteiger partial charge is 0.507 e. The van der Waals surface area contributed by atoms with E-state index in [-0.39, 0.29) is 0 Å². The zero-order valence-electron chi connectivity index (χ0n) is 12.9. The number of halogens is 1. The third kappa shape index (κ3) is 2.32. The van der Waals surface area contributed by atoms with Crippen LogP contribution in [0.2, 0.25) is 0 Å². The van der Waals surface area contributed by atoms with Crippen molar-refractivity contribution in [1.82, 2.24) is 0 Å². The second-order valence-corrected chi connectivity index (χ2v) is 6.83. The average molecular weight is 348 g/mol. The van der Waals surface area contributed by atoms with Crippen molar-refractivity contribution in [2.24, 2.45) is 0 Å². The maximum Gasteiger partial charge on any atom is 0.125 e. The number of fused-ring (bicyclic) bond motifs is 3. The van der Waals surface area contributed by atoms with E-state index in [0.717, 1.165) is 23.8 Å². The van der Waals surface area contributed by atoms with Gasteiger partial charge in [-0.25, -0.2) is 0 Å². The maximum absolute atomic E-state index is 10.4. The number of benzene rings is 2. The van der Waals surface area contributed by atoms with E-state index in [1.54, 1.807) is 0 Å². The molecule has 1 atom stereocenters. The standard InChI is InChI=1S/C18H22BrNO/c1-4-20-10-13(9-19)18-15-7-12(11(2)3)5-6-14(15)17(21)8-16(18)20/h5-8,11,13,21H,4,9-10H2,1-3H3/t13-/m1/s1. The summed E-state index contributed by atoms with van der Waals surface area (Å²) in [6.07, 6.45) is 0. The van der Waals surface area contributed by atoms with Crippen LogP contribution in [0.1, 0.15) is 43.7 Å². The quantitative estimate of drug-likeness (QED) is 0.790. The monoisotopic (exact) mass is 347 g/mol. The molecule has 112 valence electrons. The molecule has 0 saturated carbocycles. The van der Waals surface area contributed by atoms with Gasteiger partial charge in [0.2, 0.25) is 0 Å². The molecular weight excluding hydrogens is 326 g/mol. The van der Waals surface area contributed by atoms with Gasteiger partial charge in [0.15, 0.2) is 0 Å². The lowest BCUT2D eigenvalue weighted by Crippen LogP contribution is -2.21. The van der Waals surface area contributed by atoms with Crippen molar-refractivity contribution in [1.29, 1.82) is 0 Å². The van der Waals surface area contributed by atoms with Crippen molar-refractivity contribution in [3.63, 3.8) is 0 Å². The lowest BCUT2D eigenvalue weighted by atomic mass is 9.92. The smallest absolute Gasteiger partial charge is 0.125 e. The van der Waals surface area contributed by atoms with E-state index < -0.39 is 0 Å². The fourth-order valence-electron chi connectivity index (χ4n) is 3.36. The summed E-state index contributed by atoms with van der Waals surface area (Å²) in [5, 5.41) is 13.6. The van der Waals surface area contributed by atoms with Gasteiger partial charge in [-0.15, -0.1) is 0 Å². The Morgan fingerprint density at radius 1 is 1.29 bits per heavy atom. The van der Waals surface area contributed by atoms with Crippen LogP contribution in [0.3, 0.4) is 0 Å². The van der Waals surface area contributed by atoms with Crippen LogP contribution >= 0.6 is 15.9 Å². The molecule has 0 bridgehead atoms. The predicted molar refractivity (Wildman–Crippen MR) is 94.1 cm³/mol. The summed E-state index contributed by atoms with van der Waals surface area (Å²) in [6, 6.07) is 8.42. The van der Waals surface area contributed by atoms with Crippen molar-refractivity contribution in [3.05, 3.63) is 35.4 Å². The molecule has 0 saturated heterocycles. The average Bonchev–Trinajstić information content (AvgIpc) is 2.84. The van der Waals surface area contributed by atoms with Gasteiger partial charge in [-0.05, 0) is 29.4 Å². The Hall–Kier alpha value is -1.22. The summed E-state index contributed by atoms with van der Waals surface area (Å²) in [5.74, 6) is 1.39. The van der Waals surface area contributed by atoms with Crippen LogP contribution in [0.25, 0.3) is 10.8 Å². The van der Waals surface area contributed by atoms with E-state index in [4.69, 9.17) is 0 Å². The van der Waals surface area contributed by atoms with Crippen LogP contribution < -0.4 is 4.90 Å². The van der Waals surface area contributed by atoms with Gasteiger partial charge in [0.25, 0.3) is 0 Å². The fraction of sp³-hybridized carbons (Fsp3) is 0.444. The molecule has 0 fully saturated rings. The molecule has 21 heavy (non-hydrogen) atoms. The summed E-state index contributed by atoms with van der Waals surface area (Å²) in [7, 11) is 0. The van der Waals surface area contributed by atoms with Crippen LogP contribution in [-0.2, 0) is 0 Å². The minimum Gasteiger partial charge on any atom is -0.507 e. The molecule has 1 heterocycles. The second-order valence-electron chi connectivity index (χ2n) is 6.18. The SMILES string of the molecule is CCN1C[C@@H](CBr)c2c1cc(O)c1ccc(C(C)C)cc21. The highest BCUT2D eigenvalue weighted by atomic mass is 79.9. The Labute approximate surface area is 134 Å². The third-order valence-electron chi connectivity index (χ3n) is 4.58. The molecule has 0 spiro atoms. The van der Waals surface area contributed by atoms with Gasteiger partial charge in [-0.2, -0.15) is 0 Å². The number of anilines is 1. The van der Waals surface area contributed by atoms with Crippen molar-refractivity contribution in [2.45, 2.75) is 32.6 Å². The fourth-order valence-corrected chi connectivity index (χ4v) is 3.89. The van der Waals surface area contributed by atoms with Crippen LogP contribution in [0.5, 0.6) is 5.75 Å². The number of nitrogens with zero attached hydrogens (tertiary/aromatic N) is 1. The van der Waals surface area contributed by atoms with Gasteiger partial charge in [-0.1, -0.05) is 48.0 Å². The van der Waals surface area contributed by atoms with Gasteiger partial charge in [0.05, 0.1) is 0 Å². The third-order valence-corrected chi connectivity index (χ3v) is 5.37. The first-order valence-electron chi connectivity index (χ1n) is 7.67. The lowest BCUT2D eigenvalue weighted by Gasteiger charge is -2.18. The van der Waals surface area contributed by atoms with Gasteiger partial charge in [-0.3, -0.25) is 0 Å². The molecule has 3 heteroatoms. The minimum absolute atomic E-state index is 0.396. The topological polar surface area (TPSA) is 23.5 Å².